The molecule has 0 unspecified atom stereocenters. The van der Waals surface area contributed by atoms with Crippen LogP contribution < -0.4 is 10.1 Å². The minimum Gasteiger partial charge on any atom is -0.481 e. The van der Waals surface area contributed by atoms with Crippen molar-refractivity contribution < 1.29 is 4.74 Å². The van der Waals surface area contributed by atoms with Gasteiger partial charge in [-0.25, -0.2) is 4.98 Å². The first-order valence-corrected chi connectivity index (χ1v) is 4.71. The van der Waals surface area contributed by atoms with Gasteiger partial charge in [0.2, 0.25) is 5.88 Å². The molecule has 0 amide bonds. The highest BCUT2D eigenvalue weighted by Crippen LogP contribution is 2.10. The Hall–Kier alpha value is -1.51. The highest BCUT2D eigenvalue weighted by molar-refractivity contribution is 5.41. The third kappa shape index (κ3) is 3.47. The van der Waals surface area contributed by atoms with Gasteiger partial charge in [0.25, 0.3) is 0 Å². The average Bonchev–Trinajstić information content (AvgIpc) is 2.25. The second kappa shape index (κ2) is 6.02. The van der Waals surface area contributed by atoms with Crippen molar-refractivity contribution in [3.05, 3.63) is 31.0 Å². The molecule has 0 aliphatic carbocycles. The van der Waals surface area contributed by atoms with E-state index in [4.69, 9.17) is 4.74 Å². The lowest BCUT2D eigenvalue weighted by molar-refractivity contribution is 0.398. The maximum absolute atomic E-state index is 4.96. The second-order valence-corrected chi connectivity index (χ2v) is 2.95. The largest absolute Gasteiger partial charge is 0.481 e. The Morgan fingerprint density at radius 3 is 3.00 bits per heavy atom. The standard InChI is InChI=1S/C11H16N2O/c1-3-4-5-8-12-10-6-7-11(14-2)13-9-10/h3,6-7,9,12H,1,4-5,8H2,2H3. The number of allylic oxidation sites excluding steroid dienone is 1. The molecule has 3 heteroatoms. The third-order valence-corrected chi connectivity index (χ3v) is 1.86. The van der Waals surface area contributed by atoms with Crippen LogP contribution in [0.3, 0.4) is 0 Å². The Kier molecular flexibility index (Phi) is 4.55. The number of nitrogens with one attached hydrogen (secondary N) is 1. The predicted molar refractivity (Wildman–Crippen MR) is 58.7 cm³/mol. The first-order chi connectivity index (χ1) is 6.86. The summed E-state index contributed by atoms with van der Waals surface area (Å²) < 4.78 is 4.96. The molecule has 1 heterocycles. The number of pyridine rings is 1. The third-order valence-electron chi connectivity index (χ3n) is 1.86. The molecular weight excluding hydrogens is 176 g/mol. The smallest absolute Gasteiger partial charge is 0.213 e. The van der Waals surface area contributed by atoms with Gasteiger partial charge in [-0.05, 0) is 18.9 Å². The van der Waals surface area contributed by atoms with Gasteiger partial charge in [0.15, 0.2) is 0 Å². The number of hydrogen-bond acceptors (Lipinski definition) is 3. The lowest BCUT2D eigenvalue weighted by Crippen LogP contribution is -2.01. The van der Waals surface area contributed by atoms with Gasteiger partial charge in [-0.3, -0.25) is 0 Å². The number of aromatic nitrogens is 1. The number of ether oxygens (including phenoxy) is 1. The zero-order chi connectivity index (χ0) is 10.2. The molecule has 0 saturated carbocycles. The van der Waals surface area contributed by atoms with Crippen LogP contribution in [0.4, 0.5) is 5.69 Å². The molecule has 0 bridgehead atoms. The van der Waals surface area contributed by atoms with Crippen LogP contribution in [-0.4, -0.2) is 18.6 Å². The first-order valence-electron chi connectivity index (χ1n) is 4.71. The Morgan fingerprint density at radius 1 is 1.57 bits per heavy atom. The van der Waals surface area contributed by atoms with Gasteiger partial charge in [0.05, 0.1) is 19.0 Å². The first kappa shape index (κ1) is 10.6. The molecule has 0 spiro atoms. The molecule has 3 nitrogen and oxygen atoms in total. The molecule has 0 radical (unpaired) electrons. The fraction of sp³-hybridized carbons (Fsp3) is 0.364. The lowest BCUT2D eigenvalue weighted by Gasteiger charge is -2.05. The summed E-state index contributed by atoms with van der Waals surface area (Å²) in [6, 6.07) is 3.80. The van der Waals surface area contributed by atoms with Crippen molar-refractivity contribution in [1.82, 2.24) is 4.98 Å². The minimum atomic E-state index is 0.640. The van der Waals surface area contributed by atoms with Gasteiger partial charge in [-0.15, -0.1) is 6.58 Å². The quantitative estimate of drug-likeness (QED) is 0.555. The van der Waals surface area contributed by atoms with Crippen molar-refractivity contribution in [2.75, 3.05) is 19.0 Å². The van der Waals surface area contributed by atoms with Crippen molar-refractivity contribution in [3.8, 4) is 5.88 Å². The van der Waals surface area contributed by atoms with Crippen LogP contribution in [0, 0.1) is 0 Å². The summed E-state index contributed by atoms with van der Waals surface area (Å²) in [5.41, 5.74) is 1.02. The normalized spacial score (nSPS) is 9.50. The molecule has 14 heavy (non-hydrogen) atoms. The summed E-state index contributed by atoms with van der Waals surface area (Å²) in [5.74, 6) is 0.640. The zero-order valence-electron chi connectivity index (χ0n) is 8.49. The van der Waals surface area contributed by atoms with Crippen molar-refractivity contribution in [2.24, 2.45) is 0 Å². The van der Waals surface area contributed by atoms with Gasteiger partial charge in [-0.1, -0.05) is 6.08 Å². The Balaban J connectivity index is 2.32. The number of nitrogens with zero attached hydrogens (tertiary/aromatic N) is 1. The summed E-state index contributed by atoms with van der Waals surface area (Å²) in [5, 5.41) is 3.26. The Labute approximate surface area is 84.8 Å². The Morgan fingerprint density at radius 2 is 2.43 bits per heavy atom. The molecule has 1 N–H and O–H groups in total. The van der Waals surface area contributed by atoms with Gasteiger partial charge in [0, 0.05) is 12.6 Å². The fourth-order valence-corrected chi connectivity index (χ4v) is 1.08. The molecule has 1 rings (SSSR count). The summed E-state index contributed by atoms with van der Waals surface area (Å²) in [7, 11) is 1.61. The summed E-state index contributed by atoms with van der Waals surface area (Å²) in [4.78, 5) is 4.09. The summed E-state index contributed by atoms with van der Waals surface area (Å²) >= 11 is 0. The van der Waals surface area contributed by atoms with Crippen LogP contribution in [0.15, 0.2) is 31.0 Å². The Bertz CT molecular complexity index is 269. The zero-order valence-corrected chi connectivity index (χ0v) is 8.49. The van der Waals surface area contributed by atoms with E-state index in [1.54, 1.807) is 13.3 Å². The number of methoxy groups -OCH3 is 1. The molecule has 0 fully saturated rings. The van der Waals surface area contributed by atoms with E-state index in [1.165, 1.54) is 0 Å². The van der Waals surface area contributed by atoms with E-state index in [0.29, 0.717) is 5.88 Å². The molecule has 0 saturated heterocycles. The van der Waals surface area contributed by atoms with Crippen LogP contribution in [0.2, 0.25) is 0 Å². The molecule has 0 aliphatic rings. The molecule has 0 aromatic carbocycles. The molecule has 1 aromatic rings. The van der Waals surface area contributed by atoms with Gasteiger partial charge >= 0.3 is 0 Å². The topological polar surface area (TPSA) is 34.1 Å². The maximum atomic E-state index is 4.96. The summed E-state index contributed by atoms with van der Waals surface area (Å²) in [6.45, 7) is 4.62. The van der Waals surface area contributed by atoms with Crippen LogP contribution in [0.5, 0.6) is 5.88 Å². The van der Waals surface area contributed by atoms with E-state index in [-0.39, 0.29) is 0 Å². The van der Waals surface area contributed by atoms with Crippen molar-refractivity contribution in [1.29, 1.82) is 0 Å². The van der Waals surface area contributed by atoms with E-state index < -0.39 is 0 Å². The van der Waals surface area contributed by atoms with Gasteiger partial charge in [0.1, 0.15) is 0 Å². The van der Waals surface area contributed by atoms with Gasteiger partial charge < -0.3 is 10.1 Å². The maximum Gasteiger partial charge on any atom is 0.213 e. The lowest BCUT2D eigenvalue weighted by atomic mass is 10.3. The number of hydrogen-bond donors (Lipinski definition) is 1. The average molecular weight is 192 g/mol. The van der Waals surface area contributed by atoms with Gasteiger partial charge in [-0.2, -0.15) is 0 Å². The van der Waals surface area contributed by atoms with Crippen molar-refractivity contribution in [3.63, 3.8) is 0 Å². The molecule has 0 aliphatic heterocycles. The van der Waals surface area contributed by atoms with Crippen LogP contribution in [0.25, 0.3) is 0 Å². The van der Waals surface area contributed by atoms with Crippen LogP contribution in [-0.2, 0) is 0 Å². The predicted octanol–water partition coefficient (Wildman–Crippen LogP) is 2.47. The van der Waals surface area contributed by atoms with E-state index in [2.05, 4.69) is 16.9 Å². The fourth-order valence-electron chi connectivity index (χ4n) is 1.08. The number of anilines is 1. The van der Waals surface area contributed by atoms with Crippen molar-refractivity contribution >= 4 is 5.69 Å². The number of unbranched alkanes of at least 4 members (excludes halogenated alkanes) is 1. The monoisotopic (exact) mass is 192 g/mol. The molecular formula is C11H16N2O. The molecule has 1 aromatic heterocycles. The molecule has 0 atom stereocenters. The highest BCUT2D eigenvalue weighted by atomic mass is 16.5. The van der Waals surface area contributed by atoms with Crippen LogP contribution in [0.1, 0.15) is 12.8 Å². The molecule has 76 valence electrons. The summed E-state index contributed by atoms with van der Waals surface area (Å²) in [6.07, 6.45) is 5.83. The van der Waals surface area contributed by atoms with Crippen molar-refractivity contribution in [2.45, 2.75) is 12.8 Å². The minimum absolute atomic E-state index is 0.640. The second-order valence-electron chi connectivity index (χ2n) is 2.95. The number of rotatable bonds is 6. The highest BCUT2D eigenvalue weighted by Gasteiger charge is 1.93. The van der Waals surface area contributed by atoms with Crippen LogP contribution >= 0.6 is 0 Å². The van der Waals surface area contributed by atoms with E-state index in [1.807, 2.05) is 18.2 Å². The SMILES string of the molecule is C=CCCCNc1ccc(OC)nc1. The van der Waals surface area contributed by atoms with E-state index in [9.17, 15) is 0 Å². The van der Waals surface area contributed by atoms with E-state index in [0.717, 1.165) is 25.1 Å². The van der Waals surface area contributed by atoms with E-state index >= 15 is 0 Å².